The zero-order chi connectivity index (χ0) is 7.40. The van der Waals surface area contributed by atoms with Crippen LogP contribution < -0.4 is 0 Å². The Kier molecular flexibility index (Phi) is 3.16. The minimum absolute atomic E-state index is 0.118. The maximum Gasteiger partial charge on any atom is 0.0591 e. The van der Waals surface area contributed by atoms with Crippen LogP contribution in [-0.4, -0.2) is 24.4 Å². The van der Waals surface area contributed by atoms with E-state index in [1.54, 1.807) is 0 Å². The van der Waals surface area contributed by atoms with Crippen LogP contribution in [0.4, 0.5) is 0 Å². The standard InChI is InChI=1S/C8H16O2/c1-2-3-8(9)7-4-5-10-6-7/h7-9H,2-6H2,1H3. The minimum Gasteiger partial charge on any atom is -0.393 e. The molecule has 1 aliphatic heterocycles. The van der Waals surface area contributed by atoms with Gasteiger partial charge >= 0.3 is 0 Å². The normalized spacial score (nSPS) is 28.8. The van der Waals surface area contributed by atoms with Gasteiger partial charge in [-0.1, -0.05) is 13.3 Å². The molecule has 0 bridgehead atoms. The average molecular weight is 144 g/mol. The summed E-state index contributed by atoms with van der Waals surface area (Å²) in [5.74, 6) is 0.417. The third-order valence-electron chi connectivity index (χ3n) is 2.09. The van der Waals surface area contributed by atoms with Crippen LogP contribution in [0.5, 0.6) is 0 Å². The summed E-state index contributed by atoms with van der Waals surface area (Å²) in [6.45, 7) is 3.70. The van der Waals surface area contributed by atoms with Gasteiger partial charge in [-0.15, -0.1) is 0 Å². The van der Waals surface area contributed by atoms with Crippen LogP contribution >= 0.6 is 0 Å². The molecule has 0 aromatic carbocycles. The molecule has 1 saturated heterocycles. The lowest BCUT2D eigenvalue weighted by molar-refractivity contribution is 0.0842. The fraction of sp³-hybridized carbons (Fsp3) is 1.00. The van der Waals surface area contributed by atoms with Crippen molar-refractivity contribution in [2.45, 2.75) is 32.3 Å². The molecule has 1 aliphatic rings. The number of rotatable bonds is 3. The molecule has 0 saturated carbocycles. The van der Waals surface area contributed by atoms with Crippen molar-refractivity contribution in [3.05, 3.63) is 0 Å². The van der Waals surface area contributed by atoms with Crippen molar-refractivity contribution >= 4 is 0 Å². The summed E-state index contributed by atoms with van der Waals surface area (Å²) in [5.41, 5.74) is 0. The van der Waals surface area contributed by atoms with Crippen LogP contribution in [0.15, 0.2) is 0 Å². The highest BCUT2D eigenvalue weighted by Crippen LogP contribution is 2.19. The van der Waals surface area contributed by atoms with E-state index in [2.05, 4.69) is 6.92 Å². The van der Waals surface area contributed by atoms with Crippen molar-refractivity contribution in [3.63, 3.8) is 0 Å². The molecule has 0 aromatic rings. The van der Waals surface area contributed by atoms with Crippen molar-refractivity contribution in [2.75, 3.05) is 13.2 Å². The summed E-state index contributed by atoms with van der Waals surface area (Å²) in [6, 6.07) is 0. The van der Waals surface area contributed by atoms with E-state index in [1.165, 1.54) is 0 Å². The first kappa shape index (κ1) is 8.02. The maximum absolute atomic E-state index is 9.47. The smallest absolute Gasteiger partial charge is 0.0591 e. The Bertz CT molecular complexity index is 87.3. The summed E-state index contributed by atoms with van der Waals surface area (Å²) < 4.78 is 5.16. The van der Waals surface area contributed by atoms with E-state index >= 15 is 0 Å². The zero-order valence-corrected chi connectivity index (χ0v) is 6.55. The molecule has 0 radical (unpaired) electrons. The largest absolute Gasteiger partial charge is 0.393 e. The molecule has 2 heteroatoms. The monoisotopic (exact) mass is 144 g/mol. The van der Waals surface area contributed by atoms with Crippen molar-refractivity contribution < 1.29 is 9.84 Å². The first-order chi connectivity index (χ1) is 4.84. The summed E-state index contributed by atoms with van der Waals surface area (Å²) in [7, 11) is 0. The summed E-state index contributed by atoms with van der Waals surface area (Å²) in [5, 5.41) is 9.47. The van der Waals surface area contributed by atoms with Crippen LogP contribution in [0, 0.1) is 5.92 Å². The summed E-state index contributed by atoms with van der Waals surface area (Å²) >= 11 is 0. The molecule has 2 unspecified atom stereocenters. The van der Waals surface area contributed by atoms with Crippen LogP contribution in [0.25, 0.3) is 0 Å². The molecule has 60 valence electrons. The van der Waals surface area contributed by atoms with Gasteiger partial charge in [0.1, 0.15) is 0 Å². The Labute approximate surface area is 62.2 Å². The first-order valence-electron chi connectivity index (χ1n) is 4.10. The van der Waals surface area contributed by atoms with Crippen LogP contribution in [0.1, 0.15) is 26.2 Å². The molecule has 2 atom stereocenters. The van der Waals surface area contributed by atoms with E-state index in [0.717, 1.165) is 32.5 Å². The van der Waals surface area contributed by atoms with E-state index in [9.17, 15) is 5.11 Å². The molecule has 1 rings (SSSR count). The van der Waals surface area contributed by atoms with Gasteiger partial charge in [0.2, 0.25) is 0 Å². The molecule has 0 aromatic heterocycles. The maximum atomic E-state index is 9.47. The number of aliphatic hydroxyl groups is 1. The third-order valence-corrected chi connectivity index (χ3v) is 2.09. The van der Waals surface area contributed by atoms with Gasteiger partial charge < -0.3 is 9.84 Å². The van der Waals surface area contributed by atoms with Gasteiger partial charge in [0, 0.05) is 12.5 Å². The highest BCUT2D eigenvalue weighted by atomic mass is 16.5. The number of ether oxygens (including phenoxy) is 1. The van der Waals surface area contributed by atoms with Crippen LogP contribution in [0.3, 0.4) is 0 Å². The molecule has 0 aliphatic carbocycles. The second kappa shape index (κ2) is 3.94. The molecule has 1 fully saturated rings. The molecule has 0 spiro atoms. The highest BCUT2D eigenvalue weighted by Gasteiger charge is 2.22. The molecule has 2 nitrogen and oxygen atoms in total. The topological polar surface area (TPSA) is 29.5 Å². The fourth-order valence-corrected chi connectivity index (χ4v) is 1.39. The Morgan fingerprint density at radius 1 is 1.70 bits per heavy atom. The first-order valence-corrected chi connectivity index (χ1v) is 4.10. The Hall–Kier alpha value is -0.0800. The van der Waals surface area contributed by atoms with Gasteiger partial charge in [-0.2, -0.15) is 0 Å². The molecule has 10 heavy (non-hydrogen) atoms. The lowest BCUT2D eigenvalue weighted by Crippen LogP contribution is -2.19. The van der Waals surface area contributed by atoms with Crippen LogP contribution in [0.2, 0.25) is 0 Å². The van der Waals surface area contributed by atoms with Crippen molar-refractivity contribution in [3.8, 4) is 0 Å². The van der Waals surface area contributed by atoms with Crippen molar-refractivity contribution in [2.24, 2.45) is 5.92 Å². The van der Waals surface area contributed by atoms with E-state index in [0.29, 0.717) is 5.92 Å². The third kappa shape index (κ3) is 1.96. The van der Waals surface area contributed by atoms with E-state index in [1.807, 2.05) is 0 Å². The predicted molar refractivity (Wildman–Crippen MR) is 39.8 cm³/mol. The van der Waals surface area contributed by atoms with Gasteiger partial charge in [-0.25, -0.2) is 0 Å². The molecular formula is C8H16O2. The van der Waals surface area contributed by atoms with Gasteiger partial charge in [0.25, 0.3) is 0 Å². The lowest BCUT2D eigenvalue weighted by atomic mass is 9.98. The van der Waals surface area contributed by atoms with E-state index < -0.39 is 0 Å². The van der Waals surface area contributed by atoms with Crippen molar-refractivity contribution in [1.82, 2.24) is 0 Å². The predicted octanol–water partition coefficient (Wildman–Crippen LogP) is 1.18. The van der Waals surface area contributed by atoms with Gasteiger partial charge in [0.05, 0.1) is 12.7 Å². The average Bonchev–Trinajstić information content (AvgIpc) is 2.38. The second-order valence-electron chi connectivity index (χ2n) is 2.98. The number of aliphatic hydroxyl groups excluding tert-OH is 1. The van der Waals surface area contributed by atoms with E-state index in [-0.39, 0.29) is 6.10 Å². The SMILES string of the molecule is CCCC(O)C1CCOC1. The molecule has 1 N–H and O–H groups in total. The number of hydrogen-bond donors (Lipinski definition) is 1. The van der Waals surface area contributed by atoms with Crippen LogP contribution in [-0.2, 0) is 4.74 Å². The molecule has 0 amide bonds. The lowest BCUT2D eigenvalue weighted by Gasteiger charge is -2.14. The number of hydrogen-bond acceptors (Lipinski definition) is 2. The Balaban J connectivity index is 2.18. The second-order valence-corrected chi connectivity index (χ2v) is 2.98. The van der Waals surface area contributed by atoms with E-state index in [4.69, 9.17) is 4.74 Å². The molecule has 1 heterocycles. The quantitative estimate of drug-likeness (QED) is 0.644. The Morgan fingerprint density at radius 3 is 3.00 bits per heavy atom. The zero-order valence-electron chi connectivity index (χ0n) is 6.55. The summed E-state index contributed by atoms with van der Waals surface area (Å²) in [4.78, 5) is 0. The van der Waals surface area contributed by atoms with Gasteiger partial charge in [-0.05, 0) is 12.8 Å². The minimum atomic E-state index is -0.118. The van der Waals surface area contributed by atoms with Gasteiger partial charge in [-0.3, -0.25) is 0 Å². The summed E-state index contributed by atoms with van der Waals surface area (Å²) in [6.07, 6.45) is 2.92. The highest BCUT2D eigenvalue weighted by molar-refractivity contribution is 4.71. The Morgan fingerprint density at radius 2 is 2.50 bits per heavy atom. The fourth-order valence-electron chi connectivity index (χ4n) is 1.39. The molecular weight excluding hydrogens is 128 g/mol. The van der Waals surface area contributed by atoms with Crippen molar-refractivity contribution in [1.29, 1.82) is 0 Å². The van der Waals surface area contributed by atoms with Gasteiger partial charge in [0.15, 0.2) is 0 Å².